The van der Waals surface area contributed by atoms with Crippen LogP contribution in [0, 0.1) is 0 Å². The van der Waals surface area contributed by atoms with Gasteiger partial charge in [0.15, 0.2) is 0 Å². The molecule has 6 nitrogen and oxygen atoms in total. The van der Waals surface area contributed by atoms with Crippen LogP contribution in [0.2, 0.25) is 0 Å². The minimum absolute atomic E-state index is 0.149. The summed E-state index contributed by atoms with van der Waals surface area (Å²) < 4.78 is 28.4. The summed E-state index contributed by atoms with van der Waals surface area (Å²) in [5.41, 5.74) is 1.57. The number of hydrogen-bond acceptors (Lipinski definition) is 4. The summed E-state index contributed by atoms with van der Waals surface area (Å²) in [4.78, 5) is 0.149. The van der Waals surface area contributed by atoms with Gasteiger partial charge < -0.3 is 5.32 Å². The van der Waals surface area contributed by atoms with Crippen molar-refractivity contribution in [3.05, 3.63) is 42.2 Å². The van der Waals surface area contributed by atoms with Crippen LogP contribution in [0.1, 0.15) is 19.4 Å². The first-order valence-corrected chi connectivity index (χ1v) is 8.19. The highest BCUT2D eigenvalue weighted by atomic mass is 32.2. The molecule has 2 rings (SSSR count). The molecule has 0 radical (unpaired) electrons. The summed E-state index contributed by atoms with van der Waals surface area (Å²) in [6.07, 6.45) is 2.79. The molecule has 0 aliphatic rings. The summed E-state index contributed by atoms with van der Waals surface area (Å²) in [7, 11) is -1.92. The molecule has 1 heterocycles. The van der Waals surface area contributed by atoms with Crippen molar-refractivity contribution in [3.8, 4) is 0 Å². The van der Waals surface area contributed by atoms with Gasteiger partial charge in [-0.1, -0.05) is 26.0 Å². The predicted octanol–water partition coefficient (Wildman–Crippen LogP) is 1.72. The quantitative estimate of drug-likeness (QED) is 0.852. The average Bonchev–Trinajstić information content (AvgIpc) is 2.84. The number of hydrogen-bond donors (Lipinski definition) is 2. The molecular weight excluding hydrogens is 288 g/mol. The molecule has 2 N–H and O–H groups in total. The molecule has 0 fully saturated rings. The summed E-state index contributed by atoms with van der Waals surface area (Å²) >= 11 is 0. The molecule has 7 heteroatoms. The van der Waals surface area contributed by atoms with Gasteiger partial charge in [-0.2, -0.15) is 5.10 Å². The van der Waals surface area contributed by atoms with Crippen molar-refractivity contribution in [2.24, 2.45) is 7.05 Å². The molecule has 0 spiro atoms. The number of rotatable bonds is 6. The number of aryl methyl sites for hydroxylation is 1. The van der Waals surface area contributed by atoms with Crippen molar-refractivity contribution in [2.45, 2.75) is 31.3 Å². The zero-order chi connectivity index (χ0) is 15.5. The van der Waals surface area contributed by atoms with Gasteiger partial charge in [0.1, 0.15) is 4.90 Å². The number of benzene rings is 1. The summed E-state index contributed by atoms with van der Waals surface area (Å²) in [6.45, 7) is 4.82. The first kappa shape index (κ1) is 15.5. The maximum absolute atomic E-state index is 12.2. The molecule has 114 valence electrons. The fourth-order valence-corrected chi connectivity index (χ4v) is 2.85. The maximum atomic E-state index is 12.2. The molecule has 0 aliphatic carbocycles. The Morgan fingerprint density at radius 3 is 2.71 bits per heavy atom. The normalized spacial score (nSPS) is 11.8. The van der Waals surface area contributed by atoms with Crippen LogP contribution in [0.4, 0.5) is 5.69 Å². The van der Waals surface area contributed by atoms with Crippen molar-refractivity contribution in [1.29, 1.82) is 0 Å². The van der Waals surface area contributed by atoms with E-state index in [4.69, 9.17) is 0 Å². The number of sulfonamides is 1. The third kappa shape index (κ3) is 4.30. The van der Waals surface area contributed by atoms with Crippen molar-refractivity contribution in [1.82, 2.24) is 15.1 Å². The minimum atomic E-state index is -3.59. The Bertz CT molecular complexity index is 707. The second-order valence-corrected chi connectivity index (χ2v) is 6.87. The van der Waals surface area contributed by atoms with Crippen LogP contribution in [-0.2, 0) is 23.6 Å². The van der Waals surface area contributed by atoms with E-state index in [1.165, 1.54) is 17.1 Å². The van der Waals surface area contributed by atoms with Gasteiger partial charge in [-0.15, -0.1) is 0 Å². The van der Waals surface area contributed by atoms with Gasteiger partial charge in [0.05, 0.1) is 6.20 Å². The molecule has 0 aliphatic heterocycles. The highest BCUT2D eigenvalue weighted by molar-refractivity contribution is 7.92. The molecule has 0 bridgehead atoms. The lowest BCUT2D eigenvalue weighted by Gasteiger charge is -2.10. The zero-order valence-electron chi connectivity index (χ0n) is 12.4. The van der Waals surface area contributed by atoms with Crippen LogP contribution in [0.3, 0.4) is 0 Å². The minimum Gasteiger partial charge on any atom is -0.310 e. The van der Waals surface area contributed by atoms with E-state index in [1.807, 2.05) is 18.2 Å². The average molecular weight is 308 g/mol. The monoisotopic (exact) mass is 308 g/mol. The third-order valence-electron chi connectivity index (χ3n) is 2.89. The molecule has 2 aromatic rings. The molecule has 1 aromatic heterocycles. The fraction of sp³-hybridized carbons (Fsp3) is 0.357. The number of aromatic nitrogens is 2. The topological polar surface area (TPSA) is 76.0 Å². The molecular formula is C14H20N4O2S. The lowest BCUT2D eigenvalue weighted by molar-refractivity contribution is 0.589. The number of nitrogens with one attached hydrogen (secondary N) is 2. The van der Waals surface area contributed by atoms with E-state index in [1.54, 1.807) is 13.1 Å². The highest BCUT2D eigenvalue weighted by Crippen LogP contribution is 2.16. The van der Waals surface area contributed by atoms with E-state index in [0.717, 1.165) is 5.56 Å². The second kappa shape index (κ2) is 6.28. The Balaban J connectivity index is 2.14. The van der Waals surface area contributed by atoms with Crippen molar-refractivity contribution in [2.75, 3.05) is 4.72 Å². The van der Waals surface area contributed by atoms with Crippen molar-refractivity contribution >= 4 is 15.7 Å². The van der Waals surface area contributed by atoms with Gasteiger partial charge >= 0.3 is 0 Å². The van der Waals surface area contributed by atoms with Crippen LogP contribution in [0.25, 0.3) is 0 Å². The van der Waals surface area contributed by atoms with Gasteiger partial charge in [0, 0.05) is 31.5 Å². The Hall–Kier alpha value is -1.86. The molecule has 0 saturated carbocycles. The second-order valence-electron chi connectivity index (χ2n) is 5.19. The van der Waals surface area contributed by atoms with E-state index in [0.29, 0.717) is 18.3 Å². The lowest BCUT2D eigenvalue weighted by Crippen LogP contribution is -2.21. The fourth-order valence-electron chi connectivity index (χ4n) is 1.82. The Labute approximate surface area is 125 Å². The van der Waals surface area contributed by atoms with Gasteiger partial charge in [-0.25, -0.2) is 8.42 Å². The van der Waals surface area contributed by atoms with E-state index in [2.05, 4.69) is 29.0 Å². The summed E-state index contributed by atoms with van der Waals surface area (Å²) in [6, 6.07) is 7.71. The summed E-state index contributed by atoms with van der Waals surface area (Å²) in [5.74, 6) is 0. The molecule has 0 atom stereocenters. The first-order chi connectivity index (χ1) is 9.87. The van der Waals surface area contributed by atoms with Crippen LogP contribution < -0.4 is 10.0 Å². The first-order valence-electron chi connectivity index (χ1n) is 6.70. The van der Waals surface area contributed by atoms with Crippen molar-refractivity contribution < 1.29 is 8.42 Å². The van der Waals surface area contributed by atoms with Crippen molar-refractivity contribution in [3.63, 3.8) is 0 Å². The van der Waals surface area contributed by atoms with Gasteiger partial charge in [0.25, 0.3) is 10.0 Å². The van der Waals surface area contributed by atoms with Gasteiger partial charge in [0.2, 0.25) is 0 Å². The van der Waals surface area contributed by atoms with Crippen LogP contribution in [-0.4, -0.2) is 24.2 Å². The molecule has 0 amide bonds. The Morgan fingerprint density at radius 2 is 2.10 bits per heavy atom. The highest BCUT2D eigenvalue weighted by Gasteiger charge is 2.16. The predicted molar refractivity (Wildman–Crippen MR) is 82.4 cm³/mol. The van der Waals surface area contributed by atoms with E-state index >= 15 is 0 Å². The van der Waals surface area contributed by atoms with Gasteiger partial charge in [-0.05, 0) is 17.7 Å². The SMILES string of the molecule is CC(C)NCc1cccc(NS(=O)(=O)c2cnn(C)c2)c1. The molecule has 21 heavy (non-hydrogen) atoms. The Morgan fingerprint density at radius 1 is 1.33 bits per heavy atom. The lowest BCUT2D eigenvalue weighted by atomic mass is 10.2. The zero-order valence-corrected chi connectivity index (χ0v) is 13.2. The van der Waals surface area contributed by atoms with E-state index in [9.17, 15) is 8.42 Å². The molecule has 1 aromatic carbocycles. The largest absolute Gasteiger partial charge is 0.310 e. The maximum Gasteiger partial charge on any atom is 0.265 e. The van der Waals surface area contributed by atoms with Crippen LogP contribution in [0.15, 0.2) is 41.6 Å². The Kier molecular flexibility index (Phi) is 4.64. The standard InChI is InChI=1S/C14H20N4O2S/c1-11(2)15-8-12-5-4-6-13(7-12)17-21(19,20)14-9-16-18(3)10-14/h4-7,9-11,15,17H,8H2,1-3H3. The smallest absolute Gasteiger partial charge is 0.265 e. The van der Waals surface area contributed by atoms with E-state index in [-0.39, 0.29) is 4.90 Å². The van der Waals surface area contributed by atoms with Gasteiger partial charge in [-0.3, -0.25) is 9.40 Å². The molecule has 0 saturated heterocycles. The number of anilines is 1. The molecule has 0 unspecified atom stereocenters. The van der Waals surface area contributed by atoms with E-state index < -0.39 is 10.0 Å². The van der Waals surface area contributed by atoms with Crippen LogP contribution in [0.5, 0.6) is 0 Å². The third-order valence-corrected chi connectivity index (χ3v) is 4.22. The number of nitrogens with zero attached hydrogens (tertiary/aromatic N) is 2. The summed E-state index contributed by atoms with van der Waals surface area (Å²) in [5, 5.41) is 7.17. The van der Waals surface area contributed by atoms with Crippen LogP contribution >= 0.6 is 0 Å².